The van der Waals surface area contributed by atoms with Gasteiger partial charge in [-0.15, -0.1) is 0 Å². The van der Waals surface area contributed by atoms with Gasteiger partial charge in [0.2, 0.25) is 0 Å². The molecule has 2 rings (SSSR count). The first-order valence-electron chi connectivity index (χ1n) is 6.48. The van der Waals surface area contributed by atoms with E-state index in [2.05, 4.69) is 66.9 Å². The lowest BCUT2D eigenvalue weighted by atomic mass is 10.1. The Kier molecular flexibility index (Phi) is 4.00. The van der Waals surface area contributed by atoms with Crippen molar-refractivity contribution < 1.29 is 0 Å². The summed E-state index contributed by atoms with van der Waals surface area (Å²) in [6, 6.07) is 15.1. The number of hydrogen-bond acceptors (Lipinski definition) is 2. The fraction of sp³-hybridized carbons (Fsp3) is 0.375. The highest BCUT2D eigenvalue weighted by atomic mass is 15.0. The van der Waals surface area contributed by atoms with E-state index in [0.717, 1.165) is 13.1 Å². The van der Waals surface area contributed by atoms with Gasteiger partial charge in [-0.2, -0.15) is 0 Å². The van der Waals surface area contributed by atoms with Crippen molar-refractivity contribution in [2.75, 3.05) is 13.6 Å². The normalized spacial score (nSPS) is 11.9. The zero-order valence-electron chi connectivity index (χ0n) is 11.5. The Morgan fingerprint density at radius 2 is 1.72 bits per heavy atom. The minimum Gasteiger partial charge on any atom is -0.314 e. The van der Waals surface area contributed by atoms with Crippen molar-refractivity contribution in [1.82, 2.24) is 10.6 Å². The Hall–Kier alpha value is -1.38. The van der Waals surface area contributed by atoms with Crippen molar-refractivity contribution in [2.24, 2.45) is 0 Å². The summed E-state index contributed by atoms with van der Waals surface area (Å²) in [5.74, 6) is 0. The van der Waals surface area contributed by atoms with Crippen LogP contribution in [0.4, 0.5) is 0 Å². The lowest BCUT2D eigenvalue weighted by molar-refractivity contribution is 0.393. The van der Waals surface area contributed by atoms with Crippen LogP contribution in [-0.2, 0) is 6.54 Å². The predicted octanol–water partition coefficient (Wildman–Crippen LogP) is 2.93. The molecule has 0 radical (unpaired) electrons. The van der Waals surface area contributed by atoms with Crippen LogP contribution in [0.5, 0.6) is 0 Å². The van der Waals surface area contributed by atoms with Crippen molar-refractivity contribution in [1.29, 1.82) is 0 Å². The second-order valence-corrected chi connectivity index (χ2v) is 5.42. The Morgan fingerprint density at radius 1 is 1.00 bits per heavy atom. The van der Waals surface area contributed by atoms with Gasteiger partial charge < -0.3 is 10.6 Å². The molecule has 0 heterocycles. The molecule has 2 N–H and O–H groups in total. The predicted molar refractivity (Wildman–Crippen MR) is 78.8 cm³/mol. The van der Waals surface area contributed by atoms with Gasteiger partial charge in [-0.1, -0.05) is 36.4 Å². The molecule has 0 saturated heterocycles. The third kappa shape index (κ3) is 3.31. The second-order valence-electron chi connectivity index (χ2n) is 5.42. The van der Waals surface area contributed by atoms with Gasteiger partial charge in [0.1, 0.15) is 0 Å². The number of benzene rings is 2. The lowest BCUT2D eigenvalue weighted by Crippen LogP contribution is -2.45. The Morgan fingerprint density at radius 3 is 2.44 bits per heavy atom. The molecule has 0 fully saturated rings. The van der Waals surface area contributed by atoms with Crippen molar-refractivity contribution >= 4 is 10.8 Å². The first kappa shape index (κ1) is 13.1. The fourth-order valence-corrected chi connectivity index (χ4v) is 1.96. The molecular weight excluding hydrogens is 220 g/mol. The molecule has 96 valence electrons. The zero-order chi connectivity index (χ0) is 13.0. The Bertz CT molecular complexity index is 517. The van der Waals surface area contributed by atoms with E-state index < -0.39 is 0 Å². The quantitative estimate of drug-likeness (QED) is 0.842. The summed E-state index contributed by atoms with van der Waals surface area (Å²) in [7, 11) is 2.00. The third-order valence-electron chi connectivity index (χ3n) is 3.39. The van der Waals surface area contributed by atoms with Crippen LogP contribution in [0.2, 0.25) is 0 Å². The Labute approximate surface area is 109 Å². The molecule has 0 aromatic heterocycles. The molecule has 0 atom stereocenters. The maximum Gasteiger partial charge on any atom is 0.0246 e. The molecule has 2 heteroatoms. The number of likely N-dealkylation sites (N-methyl/N-ethyl adjacent to an activating group) is 1. The van der Waals surface area contributed by atoms with Gasteiger partial charge in [0.15, 0.2) is 0 Å². The zero-order valence-corrected chi connectivity index (χ0v) is 11.5. The van der Waals surface area contributed by atoms with E-state index in [1.807, 2.05) is 7.05 Å². The highest BCUT2D eigenvalue weighted by Crippen LogP contribution is 2.15. The van der Waals surface area contributed by atoms with Gasteiger partial charge in [-0.05, 0) is 43.3 Å². The molecule has 0 spiro atoms. The first-order valence-corrected chi connectivity index (χ1v) is 6.48. The van der Waals surface area contributed by atoms with E-state index in [1.54, 1.807) is 0 Å². The minimum absolute atomic E-state index is 0.136. The largest absolute Gasteiger partial charge is 0.314 e. The number of fused-ring (bicyclic) bond motifs is 1. The molecule has 2 aromatic rings. The summed E-state index contributed by atoms with van der Waals surface area (Å²) in [5.41, 5.74) is 1.47. The first-order chi connectivity index (χ1) is 8.61. The fourth-order valence-electron chi connectivity index (χ4n) is 1.96. The topological polar surface area (TPSA) is 24.1 Å². The van der Waals surface area contributed by atoms with Crippen LogP contribution in [0.25, 0.3) is 10.8 Å². The minimum atomic E-state index is 0.136. The van der Waals surface area contributed by atoms with Crippen LogP contribution < -0.4 is 10.6 Å². The molecule has 0 bridgehead atoms. The standard InChI is InChI=1S/C16H22N2/c1-16(2,17-3)12-18-11-13-8-9-14-6-4-5-7-15(14)10-13/h4-10,17-18H,11-12H2,1-3H3. The third-order valence-corrected chi connectivity index (χ3v) is 3.39. The molecule has 2 nitrogen and oxygen atoms in total. The summed E-state index contributed by atoms with van der Waals surface area (Å²) in [4.78, 5) is 0. The average molecular weight is 242 g/mol. The molecule has 0 aliphatic rings. The van der Waals surface area contributed by atoms with Crippen molar-refractivity contribution in [3.63, 3.8) is 0 Å². The Balaban J connectivity index is 2.00. The van der Waals surface area contributed by atoms with E-state index in [1.165, 1.54) is 16.3 Å². The summed E-state index contributed by atoms with van der Waals surface area (Å²) in [6.07, 6.45) is 0. The maximum absolute atomic E-state index is 3.50. The lowest BCUT2D eigenvalue weighted by Gasteiger charge is -2.24. The van der Waals surface area contributed by atoms with Crippen LogP contribution in [-0.4, -0.2) is 19.1 Å². The van der Waals surface area contributed by atoms with E-state index in [4.69, 9.17) is 0 Å². The number of rotatable bonds is 5. The van der Waals surface area contributed by atoms with Gasteiger partial charge in [0.25, 0.3) is 0 Å². The van der Waals surface area contributed by atoms with E-state index >= 15 is 0 Å². The smallest absolute Gasteiger partial charge is 0.0246 e. The van der Waals surface area contributed by atoms with Gasteiger partial charge in [-0.25, -0.2) is 0 Å². The molecule has 2 aromatic carbocycles. The van der Waals surface area contributed by atoms with E-state index in [0.29, 0.717) is 0 Å². The molecule has 0 saturated carbocycles. The van der Waals surface area contributed by atoms with E-state index in [-0.39, 0.29) is 5.54 Å². The molecule has 18 heavy (non-hydrogen) atoms. The molecule has 0 aliphatic carbocycles. The second kappa shape index (κ2) is 5.51. The van der Waals surface area contributed by atoms with Gasteiger partial charge in [0.05, 0.1) is 0 Å². The molecule has 0 amide bonds. The van der Waals surface area contributed by atoms with Gasteiger partial charge in [-0.3, -0.25) is 0 Å². The van der Waals surface area contributed by atoms with Crippen LogP contribution >= 0.6 is 0 Å². The summed E-state index contributed by atoms with van der Waals surface area (Å²) in [5, 5.41) is 9.40. The van der Waals surface area contributed by atoms with Crippen LogP contribution in [0.3, 0.4) is 0 Å². The van der Waals surface area contributed by atoms with Crippen molar-refractivity contribution in [2.45, 2.75) is 25.9 Å². The maximum atomic E-state index is 3.50. The van der Waals surface area contributed by atoms with Crippen molar-refractivity contribution in [3.8, 4) is 0 Å². The van der Waals surface area contributed by atoms with Crippen LogP contribution in [0, 0.1) is 0 Å². The number of nitrogens with one attached hydrogen (secondary N) is 2. The summed E-state index contributed by atoms with van der Waals surface area (Å²) < 4.78 is 0. The molecule has 0 aliphatic heterocycles. The average Bonchev–Trinajstić information content (AvgIpc) is 2.38. The highest BCUT2D eigenvalue weighted by Gasteiger charge is 2.13. The summed E-state index contributed by atoms with van der Waals surface area (Å²) in [6.45, 7) is 6.26. The molecule has 0 unspecified atom stereocenters. The van der Waals surface area contributed by atoms with Gasteiger partial charge in [0, 0.05) is 18.6 Å². The highest BCUT2D eigenvalue weighted by molar-refractivity contribution is 5.82. The molecular formula is C16H22N2. The van der Waals surface area contributed by atoms with E-state index in [9.17, 15) is 0 Å². The van der Waals surface area contributed by atoms with Crippen molar-refractivity contribution in [3.05, 3.63) is 48.0 Å². The summed E-state index contributed by atoms with van der Waals surface area (Å²) >= 11 is 0. The van der Waals surface area contributed by atoms with Crippen LogP contribution in [0.15, 0.2) is 42.5 Å². The number of hydrogen-bond donors (Lipinski definition) is 2. The monoisotopic (exact) mass is 242 g/mol. The van der Waals surface area contributed by atoms with Gasteiger partial charge >= 0.3 is 0 Å². The SMILES string of the molecule is CNC(C)(C)CNCc1ccc2ccccc2c1. The van der Waals surface area contributed by atoms with Crippen LogP contribution in [0.1, 0.15) is 19.4 Å².